The summed E-state index contributed by atoms with van der Waals surface area (Å²) in [6.07, 6.45) is 2.25. The molecule has 2 unspecified atom stereocenters. The van der Waals surface area contributed by atoms with Gasteiger partial charge in [-0.25, -0.2) is 4.39 Å². The van der Waals surface area contributed by atoms with E-state index in [4.69, 9.17) is 11.6 Å². The van der Waals surface area contributed by atoms with E-state index in [1.807, 2.05) is 6.07 Å². The minimum Gasteiger partial charge on any atom is -0.313 e. The van der Waals surface area contributed by atoms with E-state index in [1.54, 1.807) is 12.1 Å². The van der Waals surface area contributed by atoms with Crippen molar-refractivity contribution in [3.8, 4) is 0 Å². The Morgan fingerprint density at radius 3 is 2.95 bits per heavy atom. The Bertz CT molecular complexity index is 425. The molecule has 0 radical (unpaired) electrons. The van der Waals surface area contributed by atoms with Gasteiger partial charge in [0, 0.05) is 25.2 Å². The molecule has 1 aliphatic heterocycles. The number of hydrogen-bond donors (Lipinski definition) is 1. The number of rotatable bonds is 3. The first kappa shape index (κ1) is 14.8. The van der Waals surface area contributed by atoms with Crippen molar-refractivity contribution in [2.24, 2.45) is 0 Å². The highest BCUT2D eigenvalue weighted by molar-refractivity contribution is 6.30. The lowest BCUT2D eigenvalue weighted by Crippen LogP contribution is -2.39. The summed E-state index contributed by atoms with van der Waals surface area (Å²) in [6.45, 7) is 7.31. The monoisotopic (exact) mass is 284 g/mol. The third-order valence-corrected chi connectivity index (χ3v) is 4.24. The van der Waals surface area contributed by atoms with E-state index in [-0.39, 0.29) is 10.8 Å². The molecule has 0 spiro atoms. The van der Waals surface area contributed by atoms with Gasteiger partial charge in [0.1, 0.15) is 5.82 Å². The Hall–Kier alpha value is -0.640. The summed E-state index contributed by atoms with van der Waals surface area (Å²) >= 11 is 5.73. The van der Waals surface area contributed by atoms with E-state index in [1.165, 1.54) is 0 Å². The third-order valence-electron chi connectivity index (χ3n) is 3.94. The molecule has 0 aliphatic carbocycles. The summed E-state index contributed by atoms with van der Waals surface area (Å²) in [5, 5.41) is 3.76. The zero-order valence-corrected chi connectivity index (χ0v) is 12.4. The van der Waals surface area contributed by atoms with Crippen LogP contribution in [0.25, 0.3) is 0 Å². The fraction of sp³-hybridized carbons (Fsp3) is 0.600. The molecular weight excluding hydrogens is 263 g/mol. The largest absolute Gasteiger partial charge is 0.313 e. The van der Waals surface area contributed by atoms with Crippen LogP contribution in [0.15, 0.2) is 18.2 Å². The fourth-order valence-electron chi connectivity index (χ4n) is 2.57. The van der Waals surface area contributed by atoms with Crippen LogP contribution < -0.4 is 5.32 Å². The second-order valence-electron chi connectivity index (χ2n) is 5.37. The summed E-state index contributed by atoms with van der Waals surface area (Å²) < 4.78 is 13.5. The summed E-state index contributed by atoms with van der Waals surface area (Å²) in [5.74, 6) is -0.327. The topological polar surface area (TPSA) is 15.3 Å². The molecule has 1 N–H and O–H groups in total. The van der Waals surface area contributed by atoms with Gasteiger partial charge in [0.2, 0.25) is 0 Å². The normalized spacial score (nSPS) is 25.3. The molecule has 2 nitrogen and oxygen atoms in total. The van der Waals surface area contributed by atoms with Crippen LogP contribution in [0.1, 0.15) is 32.3 Å². The van der Waals surface area contributed by atoms with Gasteiger partial charge in [-0.3, -0.25) is 4.90 Å². The first-order valence-corrected chi connectivity index (χ1v) is 7.39. The van der Waals surface area contributed by atoms with Crippen LogP contribution in [0.4, 0.5) is 4.39 Å². The Kier molecular flexibility index (Phi) is 5.20. The molecule has 0 saturated carbocycles. The second-order valence-corrected chi connectivity index (χ2v) is 5.78. The van der Waals surface area contributed by atoms with Gasteiger partial charge < -0.3 is 5.32 Å². The van der Waals surface area contributed by atoms with Crippen molar-refractivity contribution < 1.29 is 4.39 Å². The molecule has 106 valence electrons. The maximum Gasteiger partial charge on any atom is 0.142 e. The molecule has 0 bridgehead atoms. The molecule has 1 aromatic carbocycles. The van der Waals surface area contributed by atoms with E-state index in [0.29, 0.717) is 12.1 Å². The van der Waals surface area contributed by atoms with Crippen molar-refractivity contribution in [2.75, 3.05) is 13.1 Å². The Morgan fingerprint density at radius 2 is 2.26 bits per heavy atom. The maximum atomic E-state index is 13.5. The second kappa shape index (κ2) is 6.69. The zero-order chi connectivity index (χ0) is 13.8. The SMILES string of the molecule is CCC1CN(Cc2ccc(Cl)c(F)c2)C(C)CCN1. The number of halogens is 2. The van der Waals surface area contributed by atoms with Crippen molar-refractivity contribution in [2.45, 2.75) is 45.3 Å². The predicted molar refractivity (Wildman–Crippen MR) is 78.0 cm³/mol. The number of nitrogens with zero attached hydrogens (tertiary/aromatic N) is 1. The molecule has 1 saturated heterocycles. The summed E-state index contributed by atoms with van der Waals surface area (Å²) in [6, 6.07) is 6.15. The molecule has 1 heterocycles. The minimum absolute atomic E-state index is 0.195. The van der Waals surface area contributed by atoms with Crippen LogP contribution in [-0.2, 0) is 6.54 Å². The number of hydrogen-bond acceptors (Lipinski definition) is 2. The average molecular weight is 285 g/mol. The standard InChI is InChI=1S/C15H22ClFN2/c1-3-13-10-19(11(2)6-7-18-13)9-12-4-5-14(16)15(17)8-12/h4-5,8,11,13,18H,3,6-7,9-10H2,1-2H3. The highest BCUT2D eigenvalue weighted by Gasteiger charge is 2.22. The quantitative estimate of drug-likeness (QED) is 0.915. The Labute approximate surface area is 119 Å². The van der Waals surface area contributed by atoms with Crippen LogP contribution in [0, 0.1) is 5.82 Å². The van der Waals surface area contributed by atoms with Gasteiger partial charge in [-0.15, -0.1) is 0 Å². The van der Waals surface area contributed by atoms with E-state index >= 15 is 0 Å². The number of nitrogens with one attached hydrogen (secondary N) is 1. The van der Waals surface area contributed by atoms with Crippen LogP contribution in [0.2, 0.25) is 5.02 Å². The van der Waals surface area contributed by atoms with Gasteiger partial charge in [0.25, 0.3) is 0 Å². The van der Waals surface area contributed by atoms with Crippen molar-refractivity contribution >= 4 is 11.6 Å². The van der Waals surface area contributed by atoms with Crippen molar-refractivity contribution in [3.63, 3.8) is 0 Å². The van der Waals surface area contributed by atoms with Crippen LogP contribution in [0.5, 0.6) is 0 Å². The van der Waals surface area contributed by atoms with E-state index in [2.05, 4.69) is 24.1 Å². The van der Waals surface area contributed by atoms with Crippen LogP contribution in [-0.4, -0.2) is 30.1 Å². The van der Waals surface area contributed by atoms with Gasteiger partial charge in [-0.05, 0) is 44.0 Å². The number of benzene rings is 1. The minimum atomic E-state index is -0.327. The lowest BCUT2D eigenvalue weighted by molar-refractivity contribution is 0.194. The third kappa shape index (κ3) is 3.91. The predicted octanol–water partition coefficient (Wildman–Crippen LogP) is 3.44. The maximum absolute atomic E-state index is 13.5. The molecule has 2 atom stereocenters. The molecule has 4 heteroatoms. The summed E-state index contributed by atoms with van der Waals surface area (Å²) in [4.78, 5) is 2.43. The molecule has 0 aromatic heterocycles. The lowest BCUT2D eigenvalue weighted by Gasteiger charge is -2.28. The van der Waals surface area contributed by atoms with E-state index in [0.717, 1.165) is 38.0 Å². The molecule has 1 fully saturated rings. The Morgan fingerprint density at radius 1 is 1.47 bits per heavy atom. The van der Waals surface area contributed by atoms with E-state index in [9.17, 15) is 4.39 Å². The van der Waals surface area contributed by atoms with Gasteiger partial charge >= 0.3 is 0 Å². The molecule has 19 heavy (non-hydrogen) atoms. The van der Waals surface area contributed by atoms with Gasteiger partial charge in [0.05, 0.1) is 5.02 Å². The van der Waals surface area contributed by atoms with Crippen molar-refractivity contribution in [1.82, 2.24) is 10.2 Å². The van der Waals surface area contributed by atoms with Crippen molar-refractivity contribution in [1.29, 1.82) is 0 Å². The van der Waals surface area contributed by atoms with Gasteiger partial charge in [-0.1, -0.05) is 24.6 Å². The van der Waals surface area contributed by atoms with Gasteiger partial charge in [0.15, 0.2) is 0 Å². The summed E-state index contributed by atoms with van der Waals surface area (Å²) in [5.41, 5.74) is 0.991. The smallest absolute Gasteiger partial charge is 0.142 e. The Balaban J connectivity index is 2.08. The molecule has 1 aromatic rings. The molecule has 2 rings (SSSR count). The first-order valence-electron chi connectivity index (χ1n) is 7.01. The highest BCUT2D eigenvalue weighted by atomic mass is 35.5. The van der Waals surface area contributed by atoms with Crippen LogP contribution in [0.3, 0.4) is 0 Å². The fourth-order valence-corrected chi connectivity index (χ4v) is 2.69. The average Bonchev–Trinajstić information content (AvgIpc) is 2.56. The lowest BCUT2D eigenvalue weighted by atomic mass is 10.1. The molecule has 0 amide bonds. The van der Waals surface area contributed by atoms with Crippen LogP contribution >= 0.6 is 11.6 Å². The zero-order valence-electron chi connectivity index (χ0n) is 11.6. The molecule has 1 aliphatic rings. The van der Waals surface area contributed by atoms with E-state index < -0.39 is 0 Å². The molecular formula is C15H22ClFN2. The van der Waals surface area contributed by atoms with Gasteiger partial charge in [-0.2, -0.15) is 0 Å². The first-order chi connectivity index (χ1) is 9.10. The summed E-state index contributed by atoms with van der Waals surface area (Å²) in [7, 11) is 0. The highest BCUT2D eigenvalue weighted by Crippen LogP contribution is 2.19. The van der Waals surface area contributed by atoms with Crippen molar-refractivity contribution in [3.05, 3.63) is 34.6 Å².